The lowest BCUT2D eigenvalue weighted by atomic mass is 9.92. The quantitative estimate of drug-likeness (QED) is 0.634. The number of nitrogens with zero attached hydrogens (tertiary/aromatic N) is 1. The van der Waals surface area contributed by atoms with Gasteiger partial charge in [0.05, 0.1) is 6.54 Å². The van der Waals surface area contributed by atoms with Gasteiger partial charge in [-0.3, -0.25) is 19.3 Å². The molecule has 3 rings (SSSR count). The first-order chi connectivity index (χ1) is 12.0. The Bertz CT molecular complexity index is 748. The van der Waals surface area contributed by atoms with E-state index in [9.17, 15) is 19.2 Å². The van der Waals surface area contributed by atoms with Crippen molar-refractivity contribution in [2.75, 3.05) is 19.6 Å². The van der Waals surface area contributed by atoms with Gasteiger partial charge in [0.2, 0.25) is 11.8 Å². The molecule has 2 aliphatic rings. The molecule has 1 heterocycles. The Kier molecular flexibility index (Phi) is 4.43. The van der Waals surface area contributed by atoms with Crippen LogP contribution < -0.4 is 16.0 Å². The smallest absolute Gasteiger partial charge is 0.325 e. The van der Waals surface area contributed by atoms with Gasteiger partial charge in [-0.1, -0.05) is 24.3 Å². The van der Waals surface area contributed by atoms with Gasteiger partial charge < -0.3 is 16.0 Å². The van der Waals surface area contributed by atoms with Crippen molar-refractivity contribution in [3.63, 3.8) is 0 Å². The van der Waals surface area contributed by atoms with Crippen molar-refractivity contribution in [2.24, 2.45) is 0 Å². The summed E-state index contributed by atoms with van der Waals surface area (Å²) < 4.78 is 0. The minimum absolute atomic E-state index is 0.190. The Morgan fingerprint density at radius 2 is 1.96 bits per heavy atom. The molecule has 0 saturated carbocycles. The molecule has 1 aliphatic carbocycles. The molecule has 1 aliphatic heterocycles. The first-order valence-corrected chi connectivity index (χ1v) is 8.24. The Hall–Kier alpha value is -2.90. The highest BCUT2D eigenvalue weighted by Crippen LogP contribution is 2.41. The molecule has 0 unspecified atom stereocenters. The molecule has 132 valence electrons. The maximum Gasteiger partial charge on any atom is 0.325 e. The van der Waals surface area contributed by atoms with E-state index in [4.69, 9.17) is 0 Å². The number of amides is 5. The fourth-order valence-electron chi connectivity index (χ4n) is 3.37. The summed E-state index contributed by atoms with van der Waals surface area (Å²) in [4.78, 5) is 49.4. The summed E-state index contributed by atoms with van der Waals surface area (Å²) >= 11 is 0. The molecule has 1 aromatic rings. The monoisotopic (exact) mass is 344 g/mol. The molecule has 1 spiro atoms. The number of nitrogens with one attached hydrogen (secondary N) is 3. The van der Waals surface area contributed by atoms with Gasteiger partial charge in [-0.05, 0) is 30.9 Å². The highest BCUT2D eigenvalue weighted by atomic mass is 16.2. The minimum Gasteiger partial charge on any atom is -0.355 e. The van der Waals surface area contributed by atoms with E-state index in [0.717, 1.165) is 16.0 Å². The van der Waals surface area contributed by atoms with E-state index in [2.05, 4.69) is 16.0 Å². The molecule has 1 fully saturated rings. The van der Waals surface area contributed by atoms with Crippen molar-refractivity contribution < 1.29 is 19.2 Å². The molecule has 1 saturated heterocycles. The number of rotatable bonds is 5. The number of urea groups is 1. The summed E-state index contributed by atoms with van der Waals surface area (Å²) in [5.74, 6) is -1.30. The van der Waals surface area contributed by atoms with Crippen LogP contribution in [0.1, 0.15) is 24.5 Å². The number of fused-ring (bicyclic) bond motifs is 2. The van der Waals surface area contributed by atoms with Gasteiger partial charge in [-0.25, -0.2) is 4.79 Å². The maximum absolute atomic E-state index is 12.9. The predicted molar refractivity (Wildman–Crippen MR) is 88.4 cm³/mol. The van der Waals surface area contributed by atoms with E-state index in [-0.39, 0.29) is 12.5 Å². The van der Waals surface area contributed by atoms with Gasteiger partial charge in [-0.15, -0.1) is 0 Å². The Morgan fingerprint density at radius 1 is 1.20 bits per heavy atom. The lowest BCUT2D eigenvalue weighted by Gasteiger charge is -2.22. The summed E-state index contributed by atoms with van der Waals surface area (Å²) in [6.45, 7) is 1.63. The molecule has 1 atom stereocenters. The van der Waals surface area contributed by atoms with Crippen molar-refractivity contribution in [1.82, 2.24) is 20.9 Å². The fraction of sp³-hybridized carbons (Fsp3) is 0.412. The zero-order valence-electron chi connectivity index (χ0n) is 13.9. The first kappa shape index (κ1) is 16.9. The fourth-order valence-corrected chi connectivity index (χ4v) is 3.37. The lowest BCUT2D eigenvalue weighted by Crippen LogP contribution is -2.45. The second-order valence-electron chi connectivity index (χ2n) is 6.11. The SMILES string of the molecule is CCNC(=O)CNC(=O)CN1C(=O)N[C@@]2(CCc3ccccc32)C1=O. The van der Waals surface area contributed by atoms with Gasteiger partial charge >= 0.3 is 6.03 Å². The van der Waals surface area contributed by atoms with E-state index in [1.54, 1.807) is 6.92 Å². The van der Waals surface area contributed by atoms with Crippen LogP contribution in [0, 0.1) is 0 Å². The van der Waals surface area contributed by atoms with E-state index in [1.807, 2.05) is 24.3 Å². The van der Waals surface area contributed by atoms with Crippen LogP contribution in [0.25, 0.3) is 0 Å². The van der Waals surface area contributed by atoms with Crippen LogP contribution in [0.3, 0.4) is 0 Å². The van der Waals surface area contributed by atoms with Gasteiger partial charge in [0.25, 0.3) is 5.91 Å². The highest BCUT2D eigenvalue weighted by Gasteiger charge is 2.55. The van der Waals surface area contributed by atoms with Crippen LogP contribution in [0.5, 0.6) is 0 Å². The summed E-state index contributed by atoms with van der Waals surface area (Å²) in [5.41, 5.74) is 0.741. The van der Waals surface area contributed by atoms with Crippen molar-refractivity contribution >= 4 is 23.8 Å². The number of aryl methyl sites for hydroxylation is 1. The molecular formula is C17H20N4O4. The molecule has 0 radical (unpaired) electrons. The molecule has 25 heavy (non-hydrogen) atoms. The zero-order chi connectivity index (χ0) is 18.0. The molecule has 1 aromatic carbocycles. The van der Waals surface area contributed by atoms with Crippen LogP contribution in [-0.4, -0.2) is 48.3 Å². The van der Waals surface area contributed by atoms with E-state index in [1.165, 1.54) is 0 Å². The van der Waals surface area contributed by atoms with Gasteiger partial charge in [0.1, 0.15) is 12.1 Å². The molecule has 3 N–H and O–H groups in total. The lowest BCUT2D eigenvalue weighted by molar-refractivity contribution is -0.135. The van der Waals surface area contributed by atoms with E-state index >= 15 is 0 Å². The van der Waals surface area contributed by atoms with Gasteiger partial charge in [0, 0.05) is 6.54 Å². The first-order valence-electron chi connectivity index (χ1n) is 8.24. The molecular weight excluding hydrogens is 324 g/mol. The number of hydrogen-bond donors (Lipinski definition) is 3. The zero-order valence-corrected chi connectivity index (χ0v) is 13.9. The van der Waals surface area contributed by atoms with Crippen molar-refractivity contribution in [3.8, 4) is 0 Å². The summed E-state index contributed by atoms with van der Waals surface area (Å²) in [6, 6.07) is 6.90. The Labute approximate surface area is 144 Å². The van der Waals surface area contributed by atoms with E-state index < -0.39 is 29.9 Å². The highest BCUT2D eigenvalue weighted by molar-refractivity contribution is 6.10. The average molecular weight is 344 g/mol. The van der Waals surface area contributed by atoms with Crippen molar-refractivity contribution in [3.05, 3.63) is 35.4 Å². The molecule has 0 aromatic heterocycles. The molecule has 0 bridgehead atoms. The second-order valence-corrected chi connectivity index (χ2v) is 6.11. The normalized spacial score (nSPS) is 21.2. The third-order valence-electron chi connectivity index (χ3n) is 4.54. The standard InChI is InChI=1S/C17H20N4O4/c1-2-18-13(22)9-19-14(23)10-21-15(24)17(20-16(21)25)8-7-11-5-3-4-6-12(11)17/h3-6H,2,7-10H2,1H3,(H,18,22)(H,19,23)(H,20,25)/t17-/m1/s1. The van der Waals surface area contributed by atoms with Crippen LogP contribution in [0.2, 0.25) is 0 Å². The largest absolute Gasteiger partial charge is 0.355 e. The number of carbonyl (C=O) groups excluding carboxylic acids is 4. The van der Waals surface area contributed by atoms with E-state index in [0.29, 0.717) is 19.4 Å². The summed E-state index contributed by atoms with van der Waals surface area (Å²) in [7, 11) is 0. The van der Waals surface area contributed by atoms with Crippen LogP contribution in [0.15, 0.2) is 24.3 Å². The number of hydrogen-bond acceptors (Lipinski definition) is 4. The molecule has 8 nitrogen and oxygen atoms in total. The number of benzene rings is 1. The average Bonchev–Trinajstić information content (AvgIpc) is 3.07. The van der Waals surface area contributed by atoms with Crippen LogP contribution >= 0.6 is 0 Å². The minimum atomic E-state index is -1.08. The maximum atomic E-state index is 12.9. The predicted octanol–water partition coefficient (Wildman–Crippen LogP) is -0.368. The topological polar surface area (TPSA) is 108 Å². The number of imide groups is 1. The number of likely N-dealkylation sites (N-methyl/N-ethyl adjacent to an activating group) is 1. The third-order valence-corrected chi connectivity index (χ3v) is 4.54. The molecule has 5 amide bonds. The van der Waals surface area contributed by atoms with Gasteiger partial charge in [0.15, 0.2) is 0 Å². The second kappa shape index (κ2) is 6.54. The Balaban J connectivity index is 1.69. The summed E-state index contributed by atoms with van der Waals surface area (Å²) in [5, 5.41) is 7.71. The third kappa shape index (κ3) is 2.95. The Morgan fingerprint density at radius 3 is 2.72 bits per heavy atom. The van der Waals surface area contributed by atoms with Crippen LogP contribution in [-0.2, 0) is 26.3 Å². The van der Waals surface area contributed by atoms with Crippen molar-refractivity contribution in [2.45, 2.75) is 25.3 Å². The van der Waals surface area contributed by atoms with Crippen LogP contribution in [0.4, 0.5) is 4.79 Å². The van der Waals surface area contributed by atoms with Gasteiger partial charge in [-0.2, -0.15) is 0 Å². The summed E-state index contributed by atoms with van der Waals surface area (Å²) in [6.07, 6.45) is 1.17. The molecule has 8 heteroatoms. The number of carbonyl (C=O) groups is 4. The van der Waals surface area contributed by atoms with Crippen molar-refractivity contribution in [1.29, 1.82) is 0 Å².